The summed E-state index contributed by atoms with van der Waals surface area (Å²) in [7, 11) is 3.23. The molecular weight excluding hydrogens is 252 g/mol. The molecule has 0 saturated carbocycles. The number of Topliss-reactive ketones (excluding diaryl/α,β-unsaturated/α-hetero) is 1. The molecule has 20 heavy (non-hydrogen) atoms. The van der Waals surface area contributed by atoms with E-state index in [1.165, 1.54) is 0 Å². The molecule has 0 saturated heterocycles. The molecule has 2 aromatic rings. The van der Waals surface area contributed by atoms with E-state index in [1.807, 2.05) is 49.4 Å². The van der Waals surface area contributed by atoms with Crippen molar-refractivity contribution in [2.45, 2.75) is 13.3 Å². The van der Waals surface area contributed by atoms with Gasteiger partial charge in [0.05, 0.1) is 14.2 Å². The van der Waals surface area contributed by atoms with E-state index in [1.54, 1.807) is 14.2 Å². The number of ketones is 1. The van der Waals surface area contributed by atoms with Crippen molar-refractivity contribution in [1.82, 2.24) is 0 Å². The molecular formula is C17H18O3. The lowest BCUT2D eigenvalue weighted by molar-refractivity contribution is 0.0991. The third-order valence-corrected chi connectivity index (χ3v) is 3.28. The molecule has 0 spiro atoms. The largest absolute Gasteiger partial charge is 0.497 e. The van der Waals surface area contributed by atoms with E-state index in [-0.39, 0.29) is 5.78 Å². The first-order chi connectivity index (χ1) is 9.65. The molecule has 0 bridgehead atoms. The highest BCUT2D eigenvalue weighted by atomic mass is 16.5. The van der Waals surface area contributed by atoms with E-state index in [0.29, 0.717) is 6.42 Å². The third-order valence-electron chi connectivity index (χ3n) is 3.28. The van der Waals surface area contributed by atoms with Crippen molar-refractivity contribution < 1.29 is 14.3 Å². The maximum absolute atomic E-state index is 12.4. The predicted molar refractivity (Wildman–Crippen MR) is 78.8 cm³/mol. The van der Waals surface area contributed by atoms with Gasteiger partial charge in [-0.15, -0.1) is 0 Å². The summed E-state index contributed by atoms with van der Waals surface area (Å²) in [6.07, 6.45) is 0.331. The Labute approximate surface area is 119 Å². The smallest absolute Gasteiger partial charge is 0.167 e. The molecule has 2 aromatic carbocycles. The van der Waals surface area contributed by atoms with Crippen LogP contribution in [0.3, 0.4) is 0 Å². The molecule has 0 amide bonds. The molecule has 0 aliphatic carbocycles. The van der Waals surface area contributed by atoms with E-state index < -0.39 is 0 Å². The number of benzene rings is 2. The minimum Gasteiger partial charge on any atom is -0.497 e. The Hall–Kier alpha value is -2.29. The first kappa shape index (κ1) is 14.1. The molecule has 0 heterocycles. The number of hydrogen-bond acceptors (Lipinski definition) is 3. The second-order valence-corrected chi connectivity index (χ2v) is 4.59. The molecule has 0 aromatic heterocycles. The van der Waals surface area contributed by atoms with Crippen LogP contribution in [0, 0.1) is 6.92 Å². The highest BCUT2D eigenvalue weighted by Crippen LogP contribution is 2.22. The summed E-state index contributed by atoms with van der Waals surface area (Å²) in [4.78, 5) is 12.4. The fourth-order valence-corrected chi connectivity index (χ4v) is 2.19. The van der Waals surface area contributed by atoms with E-state index in [2.05, 4.69) is 0 Å². The molecule has 3 nitrogen and oxygen atoms in total. The van der Waals surface area contributed by atoms with Crippen LogP contribution in [0.2, 0.25) is 0 Å². The van der Waals surface area contributed by atoms with Crippen LogP contribution in [-0.4, -0.2) is 20.0 Å². The Morgan fingerprint density at radius 3 is 2.45 bits per heavy atom. The number of ether oxygens (including phenoxy) is 2. The van der Waals surface area contributed by atoms with Crippen molar-refractivity contribution >= 4 is 5.78 Å². The Morgan fingerprint density at radius 2 is 1.80 bits per heavy atom. The average Bonchev–Trinajstić information content (AvgIpc) is 2.47. The summed E-state index contributed by atoms with van der Waals surface area (Å²) in [5, 5.41) is 0. The van der Waals surface area contributed by atoms with Gasteiger partial charge in [0.15, 0.2) is 5.78 Å². The number of rotatable bonds is 5. The fraction of sp³-hybridized carbons (Fsp3) is 0.235. The van der Waals surface area contributed by atoms with Crippen molar-refractivity contribution in [3.05, 3.63) is 59.2 Å². The van der Waals surface area contributed by atoms with E-state index in [9.17, 15) is 4.79 Å². The van der Waals surface area contributed by atoms with Gasteiger partial charge in [0.2, 0.25) is 0 Å². The number of hydrogen-bond donors (Lipinski definition) is 0. The lowest BCUT2D eigenvalue weighted by atomic mass is 9.98. The lowest BCUT2D eigenvalue weighted by Crippen LogP contribution is -2.07. The Kier molecular flexibility index (Phi) is 4.41. The molecule has 0 N–H and O–H groups in total. The second kappa shape index (κ2) is 6.24. The highest BCUT2D eigenvalue weighted by molar-refractivity contribution is 5.99. The van der Waals surface area contributed by atoms with Gasteiger partial charge in [0.25, 0.3) is 0 Å². The predicted octanol–water partition coefficient (Wildman–Crippen LogP) is 3.44. The molecule has 0 atom stereocenters. The number of aryl methyl sites for hydroxylation is 1. The van der Waals surface area contributed by atoms with Gasteiger partial charge >= 0.3 is 0 Å². The van der Waals surface area contributed by atoms with Gasteiger partial charge in [-0.25, -0.2) is 0 Å². The normalized spacial score (nSPS) is 10.2. The van der Waals surface area contributed by atoms with Crippen LogP contribution in [0.4, 0.5) is 0 Å². The van der Waals surface area contributed by atoms with Crippen LogP contribution in [0.15, 0.2) is 42.5 Å². The minimum atomic E-state index is 0.0784. The van der Waals surface area contributed by atoms with Gasteiger partial charge in [-0.05, 0) is 36.8 Å². The molecule has 0 unspecified atom stereocenters. The molecule has 0 aliphatic heterocycles. The van der Waals surface area contributed by atoms with Crippen molar-refractivity contribution in [1.29, 1.82) is 0 Å². The van der Waals surface area contributed by atoms with E-state index >= 15 is 0 Å². The Balaban J connectivity index is 2.24. The van der Waals surface area contributed by atoms with Crippen LogP contribution >= 0.6 is 0 Å². The average molecular weight is 270 g/mol. The highest BCUT2D eigenvalue weighted by Gasteiger charge is 2.13. The quantitative estimate of drug-likeness (QED) is 0.781. The number of para-hydroxylation sites is 1. The van der Waals surface area contributed by atoms with Gasteiger partial charge in [-0.2, -0.15) is 0 Å². The second-order valence-electron chi connectivity index (χ2n) is 4.59. The van der Waals surface area contributed by atoms with Crippen LogP contribution in [-0.2, 0) is 6.42 Å². The lowest BCUT2D eigenvalue weighted by Gasteiger charge is -2.10. The van der Waals surface area contributed by atoms with Gasteiger partial charge in [-0.1, -0.05) is 18.2 Å². The zero-order valence-corrected chi connectivity index (χ0v) is 12.0. The first-order valence-electron chi connectivity index (χ1n) is 6.45. The summed E-state index contributed by atoms with van der Waals surface area (Å²) < 4.78 is 10.4. The molecule has 0 fully saturated rings. The molecule has 0 radical (unpaired) electrons. The number of carbonyl (C=O) groups is 1. The monoisotopic (exact) mass is 270 g/mol. The first-order valence-corrected chi connectivity index (χ1v) is 6.45. The summed E-state index contributed by atoms with van der Waals surface area (Å²) in [5.74, 6) is 1.58. The van der Waals surface area contributed by atoms with E-state index in [4.69, 9.17) is 9.47 Å². The third kappa shape index (κ3) is 2.99. The van der Waals surface area contributed by atoms with Crippen LogP contribution in [0.1, 0.15) is 21.5 Å². The zero-order chi connectivity index (χ0) is 14.5. The molecule has 3 heteroatoms. The van der Waals surface area contributed by atoms with Gasteiger partial charge < -0.3 is 9.47 Å². The summed E-state index contributed by atoms with van der Waals surface area (Å²) in [5.41, 5.74) is 2.54. The minimum absolute atomic E-state index is 0.0784. The standard InChI is InChI=1S/C17H18O3/c1-12-10-14(19-2)8-9-15(12)16(18)11-13-6-4-5-7-17(13)20-3/h4-10H,11H2,1-3H3. The topological polar surface area (TPSA) is 35.5 Å². The van der Waals surface area contributed by atoms with Crippen LogP contribution < -0.4 is 9.47 Å². The van der Waals surface area contributed by atoms with E-state index in [0.717, 1.165) is 28.2 Å². The van der Waals surface area contributed by atoms with Crippen molar-refractivity contribution in [2.75, 3.05) is 14.2 Å². The molecule has 2 rings (SSSR count). The van der Waals surface area contributed by atoms with Crippen LogP contribution in [0.25, 0.3) is 0 Å². The van der Waals surface area contributed by atoms with Crippen molar-refractivity contribution in [2.24, 2.45) is 0 Å². The van der Waals surface area contributed by atoms with Gasteiger partial charge in [0, 0.05) is 17.5 Å². The van der Waals surface area contributed by atoms with Crippen LogP contribution in [0.5, 0.6) is 11.5 Å². The zero-order valence-electron chi connectivity index (χ0n) is 12.0. The van der Waals surface area contributed by atoms with Crippen molar-refractivity contribution in [3.63, 3.8) is 0 Å². The van der Waals surface area contributed by atoms with Crippen molar-refractivity contribution in [3.8, 4) is 11.5 Å². The SMILES string of the molecule is COc1ccc(C(=O)Cc2ccccc2OC)c(C)c1. The number of carbonyl (C=O) groups excluding carboxylic acids is 1. The summed E-state index contributed by atoms with van der Waals surface area (Å²) in [6, 6.07) is 13.1. The van der Waals surface area contributed by atoms with Gasteiger partial charge in [0.1, 0.15) is 11.5 Å². The Bertz CT molecular complexity index is 617. The molecule has 104 valence electrons. The number of methoxy groups -OCH3 is 2. The Morgan fingerprint density at radius 1 is 1.05 bits per heavy atom. The molecule has 0 aliphatic rings. The summed E-state index contributed by atoms with van der Waals surface area (Å²) >= 11 is 0. The van der Waals surface area contributed by atoms with Gasteiger partial charge in [-0.3, -0.25) is 4.79 Å². The maximum atomic E-state index is 12.4. The maximum Gasteiger partial charge on any atom is 0.167 e. The summed E-state index contributed by atoms with van der Waals surface area (Å²) in [6.45, 7) is 1.91. The fourth-order valence-electron chi connectivity index (χ4n) is 2.19.